The molecule has 0 bridgehead atoms. The Morgan fingerprint density at radius 1 is 1.35 bits per heavy atom. The highest BCUT2D eigenvalue weighted by Gasteiger charge is 2.35. The molecule has 3 nitrogen and oxygen atoms in total. The van der Waals surface area contributed by atoms with E-state index in [1.54, 1.807) is 6.92 Å². The van der Waals surface area contributed by atoms with E-state index in [1.165, 1.54) is 0 Å². The third-order valence-electron chi connectivity index (χ3n) is 2.74. The van der Waals surface area contributed by atoms with E-state index in [9.17, 15) is 9.59 Å². The van der Waals surface area contributed by atoms with Gasteiger partial charge in [0.15, 0.2) is 5.78 Å². The molecule has 1 saturated heterocycles. The Labute approximate surface area is 104 Å². The lowest BCUT2D eigenvalue weighted by molar-refractivity contribution is -0.122. The Morgan fingerprint density at radius 2 is 2.06 bits per heavy atom. The second kappa shape index (κ2) is 4.84. The van der Waals surface area contributed by atoms with Crippen LogP contribution in [0.15, 0.2) is 29.3 Å². The van der Waals surface area contributed by atoms with Gasteiger partial charge in [-0.15, -0.1) is 0 Å². The summed E-state index contributed by atoms with van der Waals surface area (Å²) in [5, 5.41) is -0.0789. The van der Waals surface area contributed by atoms with E-state index in [0.717, 1.165) is 23.0 Å². The van der Waals surface area contributed by atoms with Crippen molar-refractivity contribution in [2.45, 2.75) is 13.8 Å². The molecule has 88 valence electrons. The van der Waals surface area contributed by atoms with Gasteiger partial charge in [0.2, 0.25) is 5.12 Å². The van der Waals surface area contributed by atoms with Crippen LogP contribution in [0.4, 0.5) is 5.69 Å². The average Bonchev–Trinajstić information content (AvgIpc) is 2.62. The molecule has 1 unspecified atom stereocenters. The fourth-order valence-electron chi connectivity index (χ4n) is 1.79. The van der Waals surface area contributed by atoms with Crippen LogP contribution >= 0.6 is 11.8 Å². The highest BCUT2D eigenvalue weighted by molar-refractivity contribution is 8.15. The topological polar surface area (TPSA) is 46.5 Å². The van der Waals surface area contributed by atoms with Crippen LogP contribution in [-0.2, 0) is 9.59 Å². The van der Waals surface area contributed by atoms with E-state index in [4.69, 9.17) is 0 Å². The summed E-state index contributed by atoms with van der Waals surface area (Å²) in [5.74, 6) is -0.390. The first-order chi connectivity index (χ1) is 8.09. The fourth-order valence-corrected chi connectivity index (χ4v) is 2.71. The molecule has 4 heteroatoms. The van der Waals surface area contributed by atoms with Crippen molar-refractivity contribution < 1.29 is 9.59 Å². The molecular formula is C13H13NO2S. The first-order valence-electron chi connectivity index (χ1n) is 5.40. The summed E-state index contributed by atoms with van der Waals surface area (Å²) in [5.41, 5.74) is 2.46. The molecule has 2 rings (SSSR count). The molecule has 0 N–H and O–H groups in total. The number of carbonyl (C=O) groups excluding carboxylic acids is 2. The SMILES string of the molecule is CC(=Nc1ccccc1C)C1C(=O)CSC1=O. The number of benzene rings is 1. The van der Waals surface area contributed by atoms with Gasteiger partial charge < -0.3 is 0 Å². The second-order valence-electron chi connectivity index (χ2n) is 4.05. The lowest BCUT2D eigenvalue weighted by Crippen LogP contribution is -2.22. The number of thioether (sulfide) groups is 1. The highest BCUT2D eigenvalue weighted by Crippen LogP contribution is 2.26. The zero-order valence-corrected chi connectivity index (χ0v) is 10.6. The number of aryl methyl sites for hydroxylation is 1. The molecular weight excluding hydrogens is 234 g/mol. The van der Waals surface area contributed by atoms with Crippen LogP contribution in [0.5, 0.6) is 0 Å². The van der Waals surface area contributed by atoms with Gasteiger partial charge in [-0.2, -0.15) is 0 Å². The number of hydrogen-bond donors (Lipinski definition) is 0. The normalized spacial score (nSPS) is 21.1. The third kappa shape index (κ3) is 2.47. The Kier molecular flexibility index (Phi) is 3.43. The molecule has 1 aliphatic rings. The van der Waals surface area contributed by atoms with Gasteiger partial charge in [0.05, 0.1) is 11.4 Å². The Balaban J connectivity index is 2.31. The van der Waals surface area contributed by atoms with Crippen molar-refractivity contribution in [2.75, 3.05) is 5.75 Å². The van der Waals surface area contributed by atoms with E-state index in [1.807, 2.05) is 31.2 Å². The number of para-hydroxylation sites is 1. The van der Waals surface area contributed by atoms with Gasteiger partial charge in [0, 0.05) is 5.71 Å². The number of ketones is 1. The van der Waals surface area contributed by atoms with Crippen molar-refractivity contribution in [1.82, 2.24) is 0 Å². The number of Topliss-reactive ketones (excluding diaryl/α,β-unsaturated/α-hetero) is 1. The summed E-state index contributed by atoms with van der Waals surface area (Å²) in [6.45, 7) is 3.71. The summed E-state index contributed by atoms with van der Waals surface area (Å²) >= 11 is 1.09. The maximum Gasteiger partial charge on any atom is 0.205 e. The van der Waals surface area contributed by atoms with Gasteiger partial charge in [-0.3, -0.25) is 14.6 Å². The van der Waals surface area contributed by atoms with Crippen molar-refractivity contribution >= 4 is 34.1 Å². The molecule has 0 spiro atoms. The Morgan fingerprint density at radius 3 is 2.65 bits per heavy atom. The first kappa shape index (κ1) is 12.0. The Bertz CT molecular complexity index is 492. The van der Waals surface area contributed by atoms with E-state index >= 15 is 0 Å². The minimum atomic E-state index is -0.639. The lowest BCUT2D eigenvalue weighted by atomic mass is 10.0. The number of carbonyl (C=O) groups is 2. The first-order valence-corrected chi connectivity index (χ1v) is 6.38. The highest BCUT2D eigenvalue weighted by atomic mass is 32.2. The van der Waals surface area contributed by atoms with Gasteiger partial charge >= 0.3 is 0 Å². The van der Waals surface area contributed by atoms with Gasteiger partial charge in [-0.05, 0) is 25.5 Å². The zero-order valence-electron chi connectivity index (χ0n) is 9.77. The summed E-state index contributed by atoms with van der Waals surface area (Å²) in [6, 6.07) is 7.67. The summed E-state index contributed by atoms with van der Waals surface area (Å²) in [6.07, 6.45) is 0. The van der Waals surface area contributed by atoms with Crippen molar-refractivity contribution in [1.29, 1.82) is 0 Å². The summed E-state index contributed by atoms with van der Waals surface area (Å²) in [7, 11) is 0. The van der Waals surface area contributed by atoms with Gasteiger partial charge in [0.1, 0.15) is 5.92 Å². The number of aliphatic imine (C=N–C) groups is 1. The minimum absolute atomic E-state index is 0.0326. The minimum Gasteiger partial charge on any atom is -0.297 e. The van der Waals surface area contributed by atoms with Gasteiger partial charge in [-0.1, -0.05) is 30.0 Å². The largest absolute Gasteiger partial charge is 0.297 e. The monoisotopic (exact) mass is 247 g/mol. The second-order valence-corrected chi connectivity index (χ2v) is 5.03. The maximum absolute atomic E-state index is 11.6. The molecule has 0 aromatic heterocycles. The quantitative estimate of drug-likeness (QED) is 0.596. The molecule has 0 aliphatic carbocycles. The van der Waals surface area contributed by atoms with Crippen molar-refractivity contribution in [3.05, 3.63) is 29.8 Å². The van der Waals surface area contributed by atoms with Crippen LogP contribution in [0, 0.1) is 12.8 Å². The standard InChI is InChI=1S/C13H13NO2S/c1-8-5-3-4-6-10(8)14-9(2)12-11(15)7-17-13(12)16/h3-6,12H,7H2,1-2H3. The number of hydrogen-bond acceptors (Lipinski definition) is 4. The zero-order chi connectivity index (χ0) is 12.4. The smallest absolute Gasteiger partial charge is 0.205 e. The van der Waals surface area contributed by atoms with Crippen LogP contribution < -0.4 is 0 Å². The predicted molar refractivity (Wildman–Crippen MR) is 69.9 cm³/mol. The van der Waals surface area contributed by atoms with Gasteiger partial charge in [-0.25, -0.2) is 0 Å². The molecule has 1 aromatic carbocycles. The van der Waals surface area contributed by atoms with E-state index < -0.39 is 5.92 Å². The van der Waals surface area contributed by atoms with Crippen molar-refractivity contribution in [2.24, 2.45) is 10.9 Å². The number of nitrogens with zero attached hydrogens (tertiary/aromatic N) is 1. The fraction of sp³-hybridized carbons (Fsp3) is 0.308. The summed E-state index contributed by atoms with van der Waals surface area (Å²) in [4.78, 5) is 27.5. The third-order valence-corrected chi connectivity index (χ3v) is 3.69. The van der Waals surface area contributed by atoms with Crippen LogP contribution in [0.25, 0.3) is 0 Å². The predicted octanol–water partition coefficient (Wildman–Crippen LogP) is 2.55. The number of rotatable bonds is 2. The molecule has 1 heterocycles. The average molecular weight is 247 g/mol. The van der Waals surface area contributed by atoms with Crippen LogP contribution in [0.2, 0.25) is 0 Å². The van der Waals surface area contributed by atoms with Crippen LogP contribution in [-0.4, -0.2) is 22.4 Å². The van der Waals surface area contributed by atoms with Gasteiger partial charge in [0.25, 0.3) is 0 Å². The van der Waals surface area contributed by atoms with Crippen molar-refractivity contribution in [3.63, 3.8) is 0 Å². The maximum atomic E-state index is 11.6. The molecule has 1 fully saturated rings. The molecule has 17 heavy (non-hydrogen) atoms. The molecule has 0 saturated carbocycles. The Hall–Kier alpha value is -1.42. The van der Waals surface area contributed by atoms with Crippen LogP contribution in [0.3, 0.4) is 0 Å². The summed E-state index contributed by atoms with van der Waals surface area (Å²) < 4.78 is 0. The molecule has 1 aliphatic heterocycles. The lowest BCUT2D eigenvalue weighted by Gasteiger charge is -2.06. The van der Waals surface area contributed by atoms with Crippen molar-refractivity contribution in [3.8, 4) is 0 Å². The molecule has 0 radical (unpaired) electrons. The molecule has 1 aromatic rings. The van der Waals surface area contributed by atoms with E-state index in [2.05, 4.69) is 4.99 Å². The molecule has 0 amide bonds. The van der Waals surface area contributed by atoms with E-state index in [-0.39, 0.29) is 16.7 Å². The molecule has 1 atom stereocenters. The van der Waals surface area contributed by atoms with Crippen LogP contribution in [0.1, 0.15) is 12.5 Å². The van der Waals surface area contributed by atoms with E-state index in [0.29, 0.717) is 5.71 Å².